The van der Waals surface area contributed by atoms with Gasteiger partial charge in [-0.2, -0.15) is 4.57 Å². The zero-order valence-electron chi connectivity index (χ0n) is 17.8. The van der Waals surface area contributed by atoms with E-state index in [1.807, 2.05) is 0 Å². The summed E-state index contributed by atoms with van der Waals surface area (Å²) < 4.78 is 4.28. The van der Waals surface area contributed by atoms with Gasteiger partial charge in [0, 0.05) is 12.5 Å². The van der Waals surface area contributed by atoms with Gasteiger partial charge in [0.05, 0.1) is 12.2 Å². The molecule has 4 unspecified atom stereocenters. The number of esters is 1. The summed E-state index contributed by atoms with van der Waals surface area (Å²) in [5.41, 5.74) is -2.28. The molecule has 0 radical (unpaired) electrons. The van der Waals surface area contributed by atoms with Gasteiger partial charge in [-0.15, -0.1) is 92.8 Å². The molecule has 7 rings (SSSR count). The normalized spacial score (nSPS) is 55.9. The molecule has 1 aromatic rings. The first-order valence-corrected chi connectivity index (χ1v) is 14.4. The summed E-state index contributed by atoms with van der Waals surface area (Å²) in [6.07, 6.45) is 2.28. The average molecular weight is 699 g/mol. The number of hydrogen-bond acceptors (Lipinski definition) is 4. The lowest BCUT2D eigenvalue weighted by atomic mass is 9.41. The lowest BCUT2D eigenvalue weighted by molar-refractivity contribution is -0.686. The Kier molecular flexibility index (Phi) is 5.15. The first-order valence-electron chi connectivity index (χ1n) is 10.6. The van der Waals surface area contributed by atoms with Gasteiger partial charge < -0.3 is 9.84 Å². The highest BCUT2D eigenvalue weighted by Crippen LogP contribution is 3.12. The number of ketones is 1. The van der Waals surface area contributed by atoms with Gasteiger partial charge in [-0.1, -0.05) is 23.2 Å². The van der Waals surface area contributed by atoms with Crippen LogP contribution in [0.5, 0.6) is 0 Å². The first kappa shape index (κ1) is 27.3. The van der Waals surface area contributed by atoms with Crippen molar-refractivity contribution < 1.29 is 24.0 Å². The standard InChI is InChI=1S/C21H14Cl10NO4/c1-2-36-11(34)8-32-5-3-4-9(7-32)10(33)6-12(35)13(22)15(24)17(26)14(12,23)18(27)16(13,25)19(15,28)21(30,31)20(17,18)29/h3-5,7,35H,2,6,8H2,1H3/q+1/t12?,13?,14?,15-,16+,17-,18+,19?,20?. The summed E-state index contributed by atoms with van der Waals surface area (Å²) in [5, 5.41) is 12.2. The summed E-state index contributed by atoms with van der Waals surface area (Å²) in [5.74, 6) is -1.11. The topological polar surface area (TPSA) is 67.5 Å². The van der Waals surface area contributed by atoms with Crippen molar-refractivity contribution >= 4 is 128 Å². The molecule has 36 heavy (non-hydrogen) atoms. The third-order valence-corrected chi connectivity index (χ3v) is 18.3. The molecule has 196 valence electrons. The van der Waals surface area contributed by atoms with Crippen molar-refractivity contribution in [1.82, 2.24) is 0 Å². The summed E-state index contributed by atoms with van der Waals surface area (Å²) in [4.78, 5) is 8.72. The Labute approximate surface area is 255 Å². The van der Waals surface area contributed by atoms with E-state index >= 15 is 0 Å². The fraction of sp³-hybridized carbons (Fsp3) is 0.667. The third-order valence-electron chi connectivity index (χ3n) is 8.97. The van der Waals surface area contributed by atoms with Crippen LogP contribution in [-0.4, -0.2) is 72.4 Å². The Bertz CT molecular complexity index is 1220. The molecule has 5 nitrogen and oxygen atoms in total. The molecule has 1 aromatic heterocycles. The zero-order valence-corrected chi connectivity index (χ0v) is 25.4. The number of rotatable bonds is 6. The van der Waals surface area contributed by atoms with E-state index in [-0.39, 0.29) is 18.7 Å². The van der Waals surface area contributed by atoms with E-state index in [0.717, 1.165) is 0 Å². The van der Waals surface area contributed by atoms with E-state index in [4.69, 9.17) is 121 Å². The van der Waals surface area contributed by atoms with E-state index in [1.54, 1.807) is 19.2 Å². The van der Waals surface area contributed by atoms with Crippen LogP contribution in [0.15, 0.2) is 24.5 Å². The second-order valence-electron chi connectivity index (χ2n) is 9.87. The number of pyridine rings is 1. The number of carbonyl (C=O) groups is 2. The molecular weight excluding hydrogens is 685 g/mol. The van der Waals surface area contributed by atoms with Gasteiger partial charge in [0.15, 0.2) is 22.5 Å². The van der Waals surface area contributed by atoms with Crippen LogP contribution in [0, 0.1) is 0 Å². The number of aliphatic hydroxyl groups is 1. The minimum absolute atomic E-state index is 0.124. The first-order chi connectivity index (χ1) is 16.3. The number of alkyl halides is 10. The van der Waals surface area contributed by atoms with Crippen molar-refractivity contribution in [3.8, 4) is 0 Å². The molecule has 1 N–H and O–H groups in total. The molecule has 8 atom stereocenters. The highest BCUT2D eigenvalue weighted by molar-refractivity contribution is 6.78. The summed E-state index contributed by atoms with van der Waals surface area (Å²) in [7, 11) is 0. The molecule has 1 heterocycles. The van der Waals surface area contributed by atoms with Crippen LogP contribution in [0.3, 0.4) is 0 Å². The van der Waals surface area contributed by atoms with E-state index in [0.29, 0.717) is 0 Å². The Morgan fingerprint density at radius 1 is 0.833 bits per heavy atom. The molecule has 15 heteroatoms. The second kappa shape index (κ2) is 6.78. The maximum atomic E-state index is 13.5. The maximum absolute atomic E-state index is 13.5. The molecule has 6 fully saturated rings. The van der Waals surface area contributed by atoms with Gasteiger partial charge in [-0.25, -0.2) is 4.79 Å². The molecule has 6 saturated carbocycles. The molecule has 6 aliphatic carbocycles. The Morgan fingerprint density at radius 3 is 1.75 bits per heavy atom. The molecule has 0 aromatic carbocycles. The van der Waals surface area contributed by atoms with E-state index in [2.05, 4.69) is 0 Å². The quantitative estimate of drug-likeness (QED) is 0.199. The van der Waals surface area contributed by atoms with Crippen LogP contribution in [0.1, 0.15) is 23.7 Å². The van der Waals surface area contributed by atoms with E-state index in [1.165, 1.54) is 16.8 Å². The van der Waals surface area contributed by atoms with Crippen molar-refractivity contribution in [2.24, 2.45) is 0 Å². The maximum Gasteiger partial charge on any atom is 0.372 e. The SMILES string of the molecule is CCOC(=O)C[n+]1cccc(C(=O)CC2(O)C3(Cl)[C@]4(Cl)C5(Cl)C(Cl)(Cl)C6(Cl)[C@@]4(Cl)C2(Cl)[C@]6(Cl)[C@]53Cl)c1. The number of Topliss-reactive ketones (excluding diaryl/α,β-unsaturated/α-hetero) is 1. The number of ether oxygens (including phenoxy) is 1. The van der Waals surface area contributed by atoms with Crippen LogP contribution in [0.4, 0.5) is 0 Å². The van der Waals surface area contributed by atoms with Crippen molar-refractivity contribution in [3.05, 3.63) is 30.1 Å². The lowest BCUT2D eigenvalue weighted by Gasteiger charge is -2.81. The summed E-state index contributed by atoms with van der Waals surface area (Å²) in [6.45, 7) is 1.74. The number of hydrogen-bond donors (Lipinski definition) is 1. The lowest BCUT2D eigenvalue weighted by Crippen LogP contribution is -3.03. The van der Waals surface area contributed by atoms with Crippen molar-refractivity contribution in [3.63, 3.8) is 0 Å². The fourth-order valence-electron chi connectivity index (χ4n) is 7.87. The Morgan fingerprint density at radius 2 is 1.31 bits per heavy atom. The number of halogens is 10. The van der Waals surface area contributed by atoms with Crippen molar-refractivity contribution in [2.75, 3.05) is 6.61 Å². The van der Waals surface area contributed by atoms with E-state index < -0.39 is 67.1 Å². The minimum atomic E-state index is -2.41. The number of aromatic nitrogens is 1. The highest BCUT2D eigenvalue weighted by atomic mass is 35.5. The average Bonchev–Trinajstić information content (AvgIpc) is 3.02. The van der Waals surface area contributed by atoms with Crippen molar-refractivity contribution in [1.29, 1.82) is 0 Å². The molecule has 6 aliphatic rings. The minimum Gasteiger partial charge on any atom is -0.461 e. The highest BCUT2D eigenvalue weighted by Gasteiger charge is 3.32. The molecular formula is C21H14Cl10NO4+. The fourth-order valence-corrected chi connectivity index (χ4v) is 16.7. The zero-order chi connectivity index (χ0) is 27.0. The van der Waals surface area contributed by atoms with Gasteiger partial charge in [-0.3, -0.25) is 4.79 Å². The largest absolute Gasteiger partial charge is 0.461 e. The van der Waals surface area contributed by atoms with Gasteiger partial charge in [0.1, 0.15) is 44.6 Å². The Hall–Kier alpha value is 1.15. The third kappa shape index (κ3) is 1.75. The van der Waals surface area contributed by atoms with Gasteiger partial charge in [0.25, 0.3) is 0 Å². The number of nitrogens with zero attached hydrogens (tertiary/aromatic N) is 1. The van der Waals surface area contributed by atoms with Crippen LogP contribution in [0.25, 0.3) is 0 Å². The second-order valence-corrected chi connectivity index (χ2v) is 15.7. The number of carbonyl (C=O) groups excluding carboxylic acids is 2. The predicted octanol–water partition coefficient (Wildman–Crippen LogP) is 4.90. The molecule has 0 amide bonds. The summed E-state index contributed by atoms with van der Waals surface area (Å²) >= 11 is 69.7. The van der Waals surface area contributed by atoms with Crippen LogP contribution in [0.2, 0.25) is 0 Å². The summed E-state index contributed by atoms with van der Waals surface area (Å²) in [6, 6.07) is 3.03. The Balaban J connectivity index is 1.45. The van der Waals surface area contributed by atoms with E-state index in [9.17, 15) is 14.7 Å². The van der Waals surface area contributed by atoms with Gasteiger partial charge in [0.2, 0.25) is 6.54 Å². The predicted molar refractivity (Wildman–Crippen MR) is 140 cm³/mol. The molecule has 0 saturated heterocycles. The van der Waals surface area contributed by atoms with Crippen LogP contribution in [-0.2, 0) is 16.1 Å². The van der Waals surface area contributed by atoms with Gasteiger partial charge >= 0.3 is 5.97 Å². The molecule has 4 bridgehead atoms. The molecule has 0 aliphatic heterocycles. The van der Waals surface area contributed by atoms with Gasteiger partial charge in [-0.05, 0) is 13.0 Å². The van der Waals surface area contributed by atoms with Crippen molar-refractivity contribution in [2.45, 2.75) is 68.8 Å². The van der Waals surface area contributed by atoms with Crippen LogP contribution >= 0.6 is 116 Å². The monoisotopic (exact) mass is 694 g/mol. The van der Waals surface area contributed by atoms with Crippen LogP contribution < -0.4 is 4.57 Å². The molecule has 0 spiro atoms. The smallest absolute Gasteiger partial charge is 0.372 e.